The lowest BCUT2D eigenvalue weighted by atomic mass is 9.89. The number of rotatable bonds is 6. The van der Waals surface area contributed by atoms with Crippen LogP contribution in [0.25, 0.3) is 10.9 Å². The molecule has 4 rings (SSSR count). The molecule has 146 valence electrons. The molecule has 0 spiro atoms. The molecular weight excluding hydrogens is 344 g/mol. The maximum Gasteiger partial charge on any atom is 0.222 e. The van der Waals surface area contributed by atoms with Gasteiger partial charge in [-0.05, 0) is 55.7 Å². The summed E-state index contributed by atoms with van der Waals surface area (Å²) in [5, 5.41) is 1.33. The van der Waals surface area contributed by atoms with Crippen LogP contribution in [0, 0.1) is 0 Å². The molecule has 0 aliphatic carbocycles. The van der Waals surface area contributed by atoms with E-state index in [1.54, 1.807) is 0 Å². The molecule has 0 radical (unpaired) electrons. The molecule has 28 heavy (non-hydrogen) atoms. The Labute approximate surface area is 168 Å². The van der Waals surface area contributed by atoms with Gasteiger partial charge in [-0.2, -0.15) is 0 Å². The van der Waals surface area contributed by atoms with Crippen molar-refractivity contribution in [2.75, 3.05) is 13.1 Å². The zero-order valence-electron chi connectivity index (χ0n) is 16.8. The summed E-state index contributed by atoms with van der Waals surface area (Å²) >= 11 is 0. The van der Waals surface area contributed by atoms with E-state index in [0.29, 0.717) is 18.2 Å². The molecule has 0 saturated carbocycles. The smallest absolute Gasteiger partial charge is 0.222 e. The summed E-state index contributed by atoms with van der Waals surface area (Å²) in [7, 11) is 0. The molecular formula is C25H30N2O. The number of likely N-dealkylation sites (tertiary alicyclic amines) is 1. The van der Waals surface area contributed by atoms with Crippen LogP contribution in [0.15, 0.2) is 60.8 Å². The predicted octanol–water partition coefficient (Wildman–Crippen LogP) is 5.39. The zero-order valence-corrected chi connectivity index (χ0v) is 16.8. The van der Waals surface area contributed by atoms with Crippen LogP contribution in [0.3, 0.4) is 0 Å². The van der Waals surface area contributed by atoms with E-state index in [1.165, 1.54) is 22.0 Å². The fourth-order valence-corrected chi connectivity index (χ4v) is 4.56. The predicted molar refractivity (Wildman–Crippen MR) is 116 cm³/mol. The maximum absolute atomic E-state index is 12.7. The van der Waals surface area contributed by atoms with Crippen LogP contribution in [0.1, 0.15) is 49.7 Å². The number of aryl methyl sites for hydroxylation is 2. The van der Waals surface area contributed by atoms with Crippen LogP contribution in [-0.4, -0.2) is 28.5 Å². The summed E-state index contributed by atoms with van der Waals surface area (Å²) in [5.74, 6) is 0.927. The number of carbonyl (C=O) groups is 1. The van der Waals surface area contributed by atoms with Gasteiger partial charge in [-0.25, -0.2) is 0 Å². The summed E-state index contributed by atoms with van der Waals surface area (Å²) in [4.78, 5) is 14.8. The van der Waals surface area contributed by atoms with Crippen LogP contribution in [0.4, 0.5) is 0 Å². The molecule has 2 heterocycles. The summed E-state index contributed by atoms with van der Waals surface area (Å²) < 4.78 is 2.31. The molecule has 2 aromatic carbocycles. The van der Waals surface area contributed by atoms with E-state index in [1.807, 2.05) is 0 Å². The highest BCUT2D eigenvalue weighted by Gasteiger charge is 2.23. The number of para-hydroxylation sites is 1. The molecule has 0 N–H and O–H groups in total. The first-order chi connectivity index (χ1) is 13.8. The van der Waals surface area contributed by atoms with Gasteiger partial charge in [0, 0.05) is 43.2 Å². The molecule has 0 bridgehead atoms. The Balaban J connectivity index is 1.29. The van der Waals surface area contributed by atoms with Crippen molar-refractivity contribution in [1.29, 1.82) is 0 Å². The van der Waals surface area contributed by atoms with E-state index < -0.39 is 0 Å². The quantitative estimate of drug-likeness (QED) is 0.568. The third kappa shape index (κ3) is 3.99. The normalized spacial score (nSPS) is 15.2. The van der Waals surface area contributed by atoms with Crippen LogP contribution >= 0.6 is 0 Å². The summed E-state index contributed by atoms with van der Waals surface area (Å²) in [6, 6.07) is 19.3. The Kier molecular flexibility index (Phi) is 5.80. The van der Waals surface area contributed by atoms with Gasteiger partial charge in [0.25, 0.3) is 0 Å². The van der Waals surface area contributed by atoms with Crippen LogP contribution < -0.4 is 0 Å². The number of aromatic nitrogens is 1. The Morgan fingerprint density at radius 1 is 1.00 bits per heavy atom. The number of hydrogen-bond donors (Lipinski definition) is 0. The maximum atomic E-state index is 12.7. The lowest BCUT2D eigenvalue weighted by molar-refractivity contribution is -0.132. The van der Waals surface area contributed by atoms with Gasteiger partial charge < -0.3 is 9.47 Å². The molecule has 3 heteroatoms. The molecule has 3 nitrogen and oxygen atoms in total. The van der Waals surface area contributed by atoms with Crippen molar-refractivity contribution in [3.05, 3.63) is 71.9 Å². The average molecular weight is 375 g/mol. The Morgan fingerprint density at radius 3 is 2.46 bits per heavy atom. The first-order valence-electron chi connectivity index (χ1n) is 10.7. The number of piperidine rings is 1. The minimum absolute atomic E-state index is 0.325. The fraction of sp³-hybridized carbons (Fsp3) is 0.400. The molecule has 1 amide bonds. The third-order valence-electron chi connectivity index (χ3n) is 6.17. The highest BCUT2D eigenvalue weighted by Crippen LogP contribution is 2.28. The molecule has 0 atom stereocenters. The Morgan fingerprint density at radius 2 is 1.71 bits per heavy atom. The van der Waals surface area contributed by atoms with Crippen molar-refractivity contribution in [1.82, 2.24) is 9.47 Å². The second kappa shape index (κ2) is 8.64. The second-order valence-electron chi connectivity index (χ2n) is 7.88. The van der Waals surface area contributed by atoms with Crippen molar-refractivity contribution >= 4 is 16.8 Å². The molecule has 1 fully saturated rings. The minimum Gasteiger partial charge on any atom is -0.347 e. The van der Waals surface area contributed by atoms with Crippen LogP contribution in [0.2, 0.25) is 0 Å². The fourth-order valence-electron chi connectivity index (χ4n) is 4.56. The number of hydrogen-bond acceptors (Lipinski definition) is 1. The molecule has 0 unspecified atom stereocenters. The standard InChI is InChI=1S/C25H30N2O/c1-2-26-19-22(23-12-6-7-13-24(23)26)11-8-14-25(28)27-17-15-21(16-18-27)20-9-4-3-5-10-20/h3-7,9-10,12-13,19,21H,2,8,11,14-18H2,1H3. The first-order valence-corrected chi connectivity index (χ1v) is 10.7. The van der Waals surface area contributed by atoms with Gasteiger partial charge in [-0.3, -0.25) is 4.79 Å². The van der Waals surface area contributed by atoms with Crippen molar-refractivity contribution < 1.29 is 4.79 Å². The lowest BCUT2D eigenvalue weighted by Gasteiger charge is -2.32. The van der Waals surface area contributed by atoms with E-state index in [9.17, 15) is 4.79 Å². The Hall–Kier alpha value is -2.55. The number of amides is 1. The average Bonchev–Trinajstić information content (AvgIpc) is 3.12. The summed E-state index contributed by atoms with van der Waals surface area (Å²) in [6.07, 6.45) is 6.98. The number of benzene rings is 2. The van der Waals surface area contributed by atoms with Gasteiger partial charge in [0.05, 0.1) is 0 Å². The van der Waals surface area contributed by atoms with Crippen molar-refractivity contribution in [3.63, 3.8) is 0 Å². The van der Waals surface area contributed by atoms with E-state index >= 15 is 0 Å². The van der Waals surface area contributed by atoms with Gasteiger partial charge in [-0.15, -0.1) is 0 Å². The van der Waals surface area contributed by atoms with E-state index in [0.717, 1.165) is 45.3 Å². The van der Waals surface area contributed by atoms with Gasteiger partial charge >= 0.3 is 0 Å². The largest absolute Gasteiger partial charge is 0.347 e. The Bertz CT molecular complexity index is 920. The van der Waals surface area contributed by atoms with Crippen LogP contribution in [-0.2, 0) is 17.8 Å². The van der Waals surface area contributed by atoms with Gasteiger partial charge in [0.1, 0.15) is 0 Å². The van der Waals surface area contributed by atoms with E-state index in [-0.39, 0.29) is 0 Å². The van der Waals surface area contributed by atoms with Gasteiger partial charge in [0.15, 0.2) is 0 Å². The third-order valence-corrected chi connectivity index (χ3v) is 6.17. The van der Waals surface area contributed by atoms with Crippen molar-refractivity contribution in [3.8, 4) is 0 Å². The molecule has 1 aliphatic heterocycles. The number of nitrogens with zero attached hydrogens (tertiary/aromatic N) is 2. The van der Waals surface area contributed by atoms with E-state index in [2.05, 4.69) is 77.2 Å². The topological polar surface area (TPSA) is 25.2 Å². The number of fused-ring (bicyclic) bond motifs is 1. The molecule has 1 aliphatic rings. The van der Waals surface area contributed by atoms with Gasteiger partial charge in [0.2, 0.25) is 5.91 Å². The zero-order chi connectivity index (χ0) is 19.3. The van der Waals surface area contributed by atoms with Crippen LogP contribution in [0.5, 0.6) is 0 Å². The lowest BCUT2D eigenvalue weighted by Crippen LogP contribution is -2.37. The minimum atomic E-state index is 0.325. The van der Waals surface area contributed by atoms with Crippen molar-refractivity contribution in [2.24, 2.45) is 0 Å². The molecule has 1 aromatic heterocycles. The van der Waals surface area contributed by atoms with E-state index in [4.69, 9.17) is 0 Å². The molecule has 3 aromatic rings. The second-order valence-corrected chi connectivity index (χ2v) is 7.88. The summed E-state index contributed by atoms with van der Waals surface area (Å²) in [6.45, 7) is 4.95. The SMILES string of the molecule is CCn1cc(CCCC(=O)N2CCC(c3ccccc3)CC2)c2ccccc21. The first kappa shape index (κ1) is 18.8. The van der Waals surface area contributed by atoms with Crippen molar-refractivity contribution in [2.45, 2.75) is 51.5 Å². The number of carbonyl (C=O) groups excluding carboxylic acids is 1. The highest BCUT2D eigenvalue weighted by molar-refractivity contribution is 5.84. The molecule has 1 saturated heterocycles. The summed E-state index contributed by atoms with van der Waals surface area (Å²) in [5.41, 5.74) is 4.09. The van der Waals surface area contributed by atoms with Gasteiger partial charge in [-0.1, -0.05) is 48.5 Å². The monoisotopic (exact) mass is 374 g/mol. The highest BCUT2D eigenvalue weighted by atomic mass is 16.2.